The van der Waals surface area contributed by atoms with E-state index in [0.29, 0.717) is 17.4 Å². The Morgan fingerprint density at radius 1 is 1.12 bits per heavy atom. The molecule has 1 amide bonds. The fraction of sp³-hybridized carbons (Fsp3) is 0.476. The maximum Gasteiger partial charge on any atom is 0.257 e. The second-order valence-electron chi connectivity index (χ2n) is 7.15. The van der Waals surface area contributed by atoms with Gasteiger partial charge in [0.25, 0.3) is 5.91 Å². The van der Waals surface area contributed by atoms with Crippen molar-refractivity contribution >= 4 is 5.91 Å². The number of carbonyl (C=O) groups is 1. The summed E-state index contributed by atoms with van der Waals surface area (Å²) < 4.78 is 10.9. The minimum Gasteiger partial charge on any atom is -0.469 e. The molecule has 0 saturated carbocycles. The average molecular weight is 354 g/mol. The van der Waals surface area contributed by atoms with E-state index < -0.39 is 0 Å². The summed E-state index contributed by atoms with van der Waals surface area (Å²) in [5.74, 6) is 0.788. The highest BCUT2D eigenvalue weighted by molar-refractivity contribution is 5.95. The molecule has 0 N–H and O–H groups in total. The van der Waals surface area contributed by atoms with Gasteiger partial charge in [-0.05, 0) is 31.4 Å². The van der Waals surface area contributed by atoms with Gasteiger partial charge < -0.3 is 14.1 Å². The SMILES string of the molecule is Cc1occc1C(=O)N1CC[C@@H](N2CCOCC2)[C@@H]1Cc1ccccc1. The molecule has 0 radical (unpaired) electrons. The number of ether oxygens (including phenoxy) is 1. The molecule has 2 fully saturated rings. The van der Waals surface area contributed by atoms with Crippen LogP contribution in [-0.4, -0.2) is 60.6 Å². The molecule has 0 spiro atoms. The first-order valence-electron chi connectivity index (χ1n) is 9.45. The van der Waals surface area contributed by atoms with E-state index in [2.05, 4.69) is 34.1 Å². The molecule has 2 aliphatic rings. The number of hydrogen-bond donors (Lipinski definition) is 0. The van der Waals surface area contributed by atoms with Crippen molar-refractivity contribution in [1.29, 1.82) is 0 Å². The third-order valence-corrected chi connectivity index (χ3v) is 5.66. The van der Waals surface area contributed by atoms with Crippen LogP contribution in [0.15, 0.2) is 47.1 Å². The quantitative estimate of drug-likeness (QED) is 0.847. The number of benzene rings is 1. The second kappa shape index (κ2) is 7.64. The number of morpholine rings is 1. The normalized spacial score (nSPS) is 24.1. The van der Waals surface area contributed by atoms with Gasteiger partial charge in [0.2, 0.25) is 0 Å². The van der Waals surface area contributed by atoms with Crippen molar-refractivity contribution in [2.75, 3.05) is 32.8 Å². The Balaban J connectivity index is 1.59. The monoisotopic (exact) mass is 354 g/mol. The van der Waals surface area contributed by atoms with Crippen molar-refractivity contribution in [1.82, 2.24) is 9.80 Å². The van der Waals surface area contributed by atoms with Gasteiger partial charge in [0.05, 0.1) is 31.1 Å². The third kappa shape index (κ3) is 3.41. The summed E-state index contributed by atoms with van der Waals surface area (Å²) >= 11 is 0. The van der Waals surface area contributed by atoms with Crippen LogP contribution in [0.3, 0.4) is 0 Å². The Hall–Kier alpha value is -2.11. The largest absolute Gasteiger partial charge is 0.469 e. The summed E-state index contributed by atoms with van der Waals surface area (Å²) in [6.07, 6.45) is 3.50. The van der Waals surface area contributed by atoms with Crippen molar-refractivity contribution in [3.8, 4) is 0 Å². The zero-order chi connectivity index (χ0) is 17.9. The van der Waals surface area contributed by atoms with Gasteiger partial charge in [-0.1, -0.05) is 30.3 Å². The molecule has 1 aromatic carbocycles. The van der Waals surface area contributed by atoms with E-state index in [1.807, 2.05) is 13.0 Å². The Labute approximate surface area is 154 Å². The van der Waals surface area contributed by atoms with E-state index in [1.54, 1.807) is 12.3 Å². The van der Waals surface area contributed by atoms with Gasteiger partial charge in [0, 0.05) is 25.7 Å². The Morgan fingerprint density at radius 3 is 2.58 bits per heavy atom. The molecule has 2 aromatic rings. The van der Waals surface area contributed by atoms with Crippen LogP contribution < -0.4 is 0 Å². The molecule has 1 aromatic heterocycles. The van der Waals surface area contributed by atoms with Gasteiger partial charge in [-0.3, -0.25) is 9.69 Å². The lowest BCUT2D eigenvalue weighted by molar-refractivity contribution is 0.00863. The van der Waals surface area contributed by atoms with Gasteiger partial charge >= 0.3 is 0 Å². The lowest BCUT2D eigenvalue weighted by Crippen LogP contribution is -2.51. The lowest BCUT2D eigenvalue weighted by atomic mass is 9.98. The molecular formula is C21H26N2O3. The van der Waals surface area contributed by atoms with Crippen LogP contribution >= 0.6 is 0 Å². The minimum atomic E-state index is 0.0907. The number of aryl methyl sites for hydroxylation is 1. The maximum atomic E-state index is 13.2. The summed E-state index contributed by atoms with van der Waals surface area (Å²) in [4.78, 5) is 17.7. The Morgan fingerprint density at radius 2 is 1.88 bits per heavy atom. The molecule has 2 atom stereocenters. The van der Waals surface area contributed by atoms with E-state index in [-0.39, 0.29) is 11.9 Å². The van der Waals surface area contributed by atoms with Crippen molar-refractivity contribution < 1.29 is 13.9 Å². The van der Waals surface area contributed by atoms with Gasteiger partial charge in [0.15, 0.2) is 0 Å². The smallest absolute Gasteiger partial charge is 0.257 e. The Bertz CT molecular complexity index is 737. The van der Waals surface area contributed by atoms with Gasteiger partial charge in [0.1, 0.15) is 5.76 Å². The van der Waals surface area contributed by atoms with Crippen LogP contribution in [0, 0.1) is 6.92 Å². The van der Waals surface area contributed by atoms with Gasteiger partial charge in [-0.2, -0.15) is 0 Å². The van der Waals surface area contributed by atoms with E-state index >= 15 is 0 Å². The molecule has 5 nitrogen and oxygen atoms in total. The average Bonchev–Trinajstić information content (AvgIpc) is 3.29. The molecule has 3 heterocycles. The summed E-state index contributed by atoms with van der Waals surface area (Å²) in [6, 6.07) is 12.8. The van der Waals surface area contributed by atoms with E-state index in [9.17, 15) is 4.79 Å². The highest BCUT2D eigenvalue weighted by atomic mass is 16.5. The van der Waals surface area contributed by atoms with Crippen molar-refractivity contribution in [2.24, 2.45) is 0 Å². The highest BCUT2D eigenvalue weighted by Gasteiger charge is 2.41. The Kier molecular flexibility index (Phi) is 5.09. The first-order chi connectivity index (χ1) is 12.7. The third-order valence-electron chi connectivity index (χ3n) is 5.66. The van der Waals surface area contributed by atoms with Crippen molar-refractivity contribution in [3.63, 3.8) is 0 Å². The topological polar surface area (TPSA) is 45.9 Å². The molecule has 2 aliphatic heterocycles. The predicted octanol–water partition coefficient (Wildman–Crippen LogP) is 2.75. The van der Waals surface area contributed by atoms with Gasteiger partial charge in [-0.15, -0.1) is 0 Å². The van der Waals surface area contributed by atoms with Crippen molar-refractivity contribution in [2.45, 2.75) is 31.8 Å². The summed E-state index contributed by atoms with van der Waals surface area (Å²) in [6.45, 7) is 6.11. The zero-order valence-electron chi connectivity index (χ0n) is 15.3. The zero-order valence-corrected chi connectivity index (χ0v) is 15.3. The summed E-state index contributed by atoms with van der Waals surface area (Å²) in [5.41, 5.74) is 1.96. The molecule has 2 saturated heterocycles. The molecule has 138 valence electrons. The van der Waals surface area contributed by atoms with Crippen LogP contribution in [-0.2, 0) is 11.2 Å². The molecular weight excluding hydrogens is 328 g/mol. The van der Waals surface area contributed by atoms with Crippen LogP contribution in [0.2, 0.25) is 0 Å². The second-order valence-corrected chi connectivity index (χ2v) is 7.15. The van der Waals surface area contributed by atoms with Crippen LogP contribution in [0.25, 0.3) is 0 Å². The number of likely N-dealkylation sites (tertiary alicyclic amines) is 1. The predicted molar refractivity (Wildman–Crippen MR) is 99.2 cm³/mol. The standard InChI is InChI=1S/C21H26N2O3/c1-16-18(8-12-26-16)21(24)23-9-7-19(22-10-13-25-14-11-22)20(23)15-17-5-3-2-4-6-17/h2-6,8,12,19-20H,7,9-11,13-15H2,1H3/t19-,20+/m1/s1. The number of furan rings is 1. The minimum absolute atomic E-state index is 0.0907. The molecule has 4 rings (SSSR count). The van der Waals surface area contributed by atoms with E-state index in [0.717, 1.165) is 45.7 Å². The number of nitrogens with zero attached hydrogens (tertiary/aromatic N) is 2. The number of amides is 1. The van der Waals surface area contributed by atoms with E-state index in [1.165, 1.54) is 5.56 Å². The number of rotatable bonds is 4. The molecule has 0 bridgehead atoms. The van der Waals surface area contributed by atoms with Crippen LogP contribution in [0.4, 0.5) is 0 Å². The molecule has 26 heavy (non-hydrogen) atoms. The lowest BCUT2D eigenvalue weighted by Gasteiger charge is -2.37. The fourth-order valence-electron chi connectivity index (χ4n) is 4.29. The van der Waals surface area contributed by atoms with Gasteiger partial charge in [-0.25, -0.2) is 0 Å². The summed E-state index contributed by atoms with van der Waals surface area (Å²) in [7, 11) is 0. The van der Waals surface area contributed by atoms with Crippen LogP contribution in [0.1, 0.15) is 28.1 Å². The number of carbonyl (C=O) groups excluding carboxylic acids is 1. The highest BCUT2D eigenvalue weighted by Crippen LogP contribution is 2.29. The maximum absolute atomic E-state index is 13.2. The van der Waals surface area contributed by atoms with Crippen molar-refractivity contribution in [3.05, 3.63) is 59.5 Å². The molecule has 0 aliphatic carbocycles. The molecule has 5 heteroatoms. The van der Waals surface area contributed by atoms with Crippen LogP contribution in [0.5, 0.6) is 0 Å². The number of hydrogen-bond acceptors (Lipinski definition) is 4. The first-order valence-corrected chi connectivity index (χ1v) is 9.45. The first kappa shape index (κ1) is 17.3. The summed E-state index contributed by atoms with van der Waals surface area (Å²) in [5, 5.41) is 0. The molecule has 0 unspecified atom stereocenters. The van der Waals surface area contributed by atoms with E-state index in [4.69, 9.17) is 9.15 Å². The fourth-order valence-corrected chi connectivity index (χ4v) is 4.29.